The quantitative estimate of drug-likeness (QED) is 0.272. The largest absolute Gasteiger partial charge is 0.508 e. The van der Waals surface area contributed by atoms with Crippen LogP contribution >= 0.6 is 0 Å². The second kappa shape index (κ2) is 9.15. The normalized spacial score (nSPS) is 13.0. The summed E-state index contributed by atoms with van der Waals surface area (Å²) in [6, 6.07) is 5.43. The third kappa shape index (κ3) is 5.75. The molecule has 0 aliphatic heterocycles. The molecule has 2 rings (SSSR count). The van der Waals surface area contributed by atoms with Gasteiger partial charge in [-0.05, 0) is 62.7 Å². The summed E-state index contributed by atoms with van der Waals surface area (Å²) in [5.74, 6) is -8.16. The lowest BCUT2D eigenvalue weighted by atomic mass is 9.93. The molecule has 0 amide bonds. The van der Waals surface area contributed by atoms with E-state index < -0.39 is 57.1 Å². The zero-order valence-electron chi connectivity index (χ0n) is 17.0. The lowest BCUT2D eigenvalue weighted by molar-refractivity contribution is -0.178. The highest BCUT2D eigenvalue weighted by atomic mass is 32.2. The summed E-state index contributed by atoms with van der Waals surface area (Å²) in [5, 5.41) is 10.0. The van der Waals surface area contributed by atoms with Gasteiger partial charge in [0.05, 0.1) is 11.0 Å². The van der Waals surface area contributed by atoms with Crippen molar-refractivity contribution in [1.82, 2.24) is 0 Å². The lowest BCUT2D eigenvalue weighted by Gasteiger charge is -2.20. The number of alkyl halides is 3. The van der Waals surface area contributed by atoms with E-state index in [9.17, 15) is 40.7 Å². The number of sulfonamides is 1. The zero-order chi connectivity index (χ0) is 24.4. The van der Waals surface area contributed by atoms with Gasteiger partial charge in [0.15, 0.2) is 5.92 Å². The minimum Gasteiger partial charge on any atom is -0.508 e. The van der Waals surface area contributed by atoms with Crippen LogP contribution in [0.2, 0.25) is 0 Å². The van der Waals surface area contributed by atoms with Crippen LogP contribution in [0.4, 0.5) is 23.2 Å². The molecule has 0 fully saturated rings. The van der Waals surface area contributed by atoms with Crippen LogP contribution in [-0.4, -0.2) is 37.6 Å². The van der Waals surface area contributed by atoms with Gasteiger partial charge in [0.1, 0.15) is 11.6 Å². The molecule has 2 N–H and O–H groups in total. The number of esters is 1. The van der Waals surface area contributed by atoms with Crippen molar-refractivity contribution in [2.45, 2.75) is 43.9 Å². The van der Waals surface area contributed by atoms with E-state index in [1.807, 2.05) is 0 Å². The Morgan fingerprint density at radius 1 is 1.09 bits per heavy atom. The van der Waals surface area contributed by atoms with Crippen LogP contribution in [0.1, 0.15) is 30.9 Å². The number of carbonyl (C=O) groups is 2. The van der Waals surface area contributed by atoms with Crippen LogP contribution in [0.5, 0.6) is 5.75 Å². The zero-order valence-corrected chi connectivity index (χ0v) is 17.8. The van der Waals surface area contributed by atoms with Gasteiger partial charge < -0.3 is 9.84 Å². The molecular weight excluding hydrogens is 458 g/mol. The summed E-state index contributed by atoms with van der Waals surface area (Å²) in [7, 11) is -4.33. The maximum Gasteiger partial charge on any atom is 0.451 e. The third-order valence-electron chi connectivity index (χ3n) is 4.15. The Balaban J connectivity index is 2.53. The van der Waals surface area contributed by atoms with Gasteiger partial charge in [-0.2, -0.15) is 13.2 Å². The van der Waals surface area contributed by atoms with E-state index in [1.54, 1.807) is 0 Å². The number of nitrogens with one attached hydrogen (secondary N) is 1. The number of benzene rings is 2. The van der Waals surface area contributed by atoms with Crippen LogP contribution < -0.4 is 4.72 Å². The average molecular weight is 477 g/mol. The fraction of sp³-hybridized carbons (Fsp3) is 0.300. The number of hydrogen-bond donors (Lipinski definition) is 2. The first-order chi connectivity index (χ1) is 14.6. The van der Waals surface area contributed by atoms with Gasteiger partial charge in [-0.25, -0.2) is 12.8 Å². The predicted octanol–water partition coefficient (Wildman–Crippen LogP) is 3.81. The molecule has 0 saturated carbocycles. The number of carbonyl (C=O) groups excluding carboxylic acids is 2. The van der Waals surface area contributed by atoms with Crippen molar-refractivity contribution < 1.29 is 45.4 Å². The van der Waals surface area contributed by atoms with Crippen LogP contribution in [0, 0.1) is 12.7 Å². The second-order valence-electron chi connectivity index (χ2n) is 7.07. The number of halogens is 4. The van der Waals surface area contributed by atoms with E-state index in [0.29, 0.717) is 0 Å². The van der Waals surface area contributed by atoms with Crippen molar-refractivity contribution in [3.8, 4) is 5.75 Å². The molecule has 0 saturated heterocycles. The third-order valence-corrected chi connectivity index (χ3v) is 5.69. The van der Waals surface area contributed by atoms with E-state index in [0.717, 1.165) is 36.4 Å². The van der Waals surface area contributed by atoms with E-state index in [2.05, 4.69) is 4.72 Å². The smallest absolute Gasteiger partial charge is 0.451 e. The number of phenols is 1. The van der Waals surface area contributed by atoms with Crippen molar-refractivity contribution in [2.24, 2.45) is 0 Å². The molecule has 0 aliphatic carbocycles. The molecule has 0 aromatic heterocycles. The topological polar surface area (TPSA) is 110 Å². The Labute approximate surface area is 181 Å². The van der Waals surface area contributed by atoms with Gasteiger partial charge in [-0.1, -0.05) is 0 Å². The molecule has 0 aliphatic rings. The Bertz CT molecular complexity index is 1150. The SMILES string of the molecule is Cc1cc(F)ccc1S(=O)(=O)Nc1ccc(O)c(C(C(=O)OC(C)C)C(=O)C(F)(F)F)c1. The molecule has 2 aromatic rings. The summed E-state index contributed by atoms with van der Waals surface area (Å²) < 4.78 is 84.7. The predicted molar refractivity (Wildman–Crippen MR) is 105 cm³/mol. The standard InChI is InChI=1S/C20H19F4NO6S/c1-10(2)31-19(28)17(18(27)20(22,23)24)14-9-13(5-6-15(14)26)25-32(29,30)16-7-4-12(21)8-11(16)3/h4-10,17,25-26H,1-3H3. The lowest BCUT2D eigenvalue weighted by Crippen LogP contribution is -2.35. The van der Waals surface area contributed by atoms with E-state index in [1.165, 1.54) is 20.8 Å². The minimum absolute atomic E-state index is 0.0575. The van der Waals surface area contributed by atoms with Crippen molar-refractivity contribution >= 4 is 27.5 Å². The summed E-state index contributed by atoms with van der Waals surface area (Å²) >= 11 is 0. The molecule has 174 valence electrons. The first-order valence-electron chi connectivity index (χ1n) is 9.07. The number of aryl methyl sites for hydroxylation is 1. The van der Waals surface area contributed by atoms with Gasteiger partial charge in [0.25, 0.3) is 15.8 Å². The van der Waals surface area contributed by atoms with E-state index in [-0.39, 0.29) is 16.1 Å². The molecule has 2 aromatic carbocycles. The molecule has 7 nitrogen and oxygen atoms in total. The van der Waals surface area contributed by atoms with Crippen LogP contribution in [0.15, 0.2) is 41.3 Å². The molecule has 0 bridgehead atoms. The van der Waals surface area contributed by atoms with Gasteiger partial charge in [-0.3, -0.25) is 14.3 Å². The first-order valence-corrected chi connectivity index (χ1v) is 10.5. The molecule has 0 spiro atoms. The van der Waals surface area contributed by atoms with Crippen molar-refractivity contribution in [2.75, 3.05) is 4.72 Å². The second-order valence-corrected chi connectivity index (χ2v) is 8.72. The van der Waals surface area contributed by atoms with E-state index in [4.69, 9.17) is 4.74 Å². The molecule has 12 heteroatoms. The highest BCUT2D eigenvalue weighted by Crippen LogP contribution is 2.36. The summed E-state index contributed by atoms with van der Waals surface area (Å²) in [6.07, 6.45) is -6.30. The monoisotopic (exact) mass is 477 g/mol. The van der Waals surface area contributed by atoms with Crippen molar-refractivity contribution in [1.29, 1.82) is 0 Å². The summed E-state index contributed by atoms with van der Waals surface area (Å²) in [6.45, 7) is 4.03. The fourth-order valence-corrected chi connectivity index (χ4v) is 4.09. The first kappa shape index (κ1) is 25.1. The number of ketones is 1. The molecule has 0 heterocycles. The number of ether oxygens (including phenoxy) is 1. The highest BCUT2D eigenvalue weighted by molar-refractivity contribution is 7.92. The number of rotatable bonds is 7. The van der Waals surface area contributed by atoms with Gasteiger partial charge in [-0.15, -0.1) is 0 Å². The van der Waals surface area contributed by atoms with Crippen LogP contribution in [0.25, 0.3) is 0 Å². The maximum atomic E-state index is 13.3. The highest BCUT2D eigenvalue weighted by Gasteiger charge is 2.48. The number of anilines is 1. The van der Waals surface area contributed by atoms with Crippen molar-refractivity contribution in [3.63, 3.8) is 0 Å². The van der Waals surface area contributed by atoms with Gasteiger partial charge in [0.2, 0.25) is 0 Å². The van der Waals surface area contributed by atoms with Gasteiger partial charge >= 0.3 is 12.1 Å². The maximum absolute atomic E-state index is 13.3. The van der Waals surface area contributed by atoms with Crippen LogP contribution in [0.3, 0.4) is 0 Å². The number of Topliss-reactive ketones (excluding diaryl/α,β-unsaturated/α-hetero) is 1. The van der Waals surface area contributed by atoms with Gasteiger partial charge in [0, 0.05) is 11.3 Å². The van der Waals surface area contributed by atoms with Crippen molar-refractivity contribution in [3.05, 3.63) is 53.3 Å². The molecular formula is C20H19F4NO6S. The average Bonchev–Trinajstić information content (AvgIpc) is 2.62. The summed E-state index contributed by atoms with van der Waals surface area (Å²) in [5.41, 5.74) is -1.09. The number of phenolic OH excluding ortho intramolecular Hbond substituents is 1. The summed E-state index contributed by atoms with van der Waals surface area (Å²) in [4.78, 5) is 23.9. The number of aromatic hydroxyl groups is 1. The Kier molecular flexibility index (Phi) is 7.18. The molecule has 1 unspecified atom stereocenters. The van der Waals surface area contributed by atoms with Crippen LogP contribution in [-0.2, 0) is 24.3 Å². The number of hydrogen-bond acceptors (Lipinski definition) is 6. The Morgan fingerprint density at radius 3 is 2.25 bits per heavy atom. The Morgan fingerprint density at radius 2 is 1.72 bits per heavy atom. The fourth-order valence-electron chi connectivity index (χ4n) is 2.81. The van der Waals surface area contributed by atoms with E-state index >= 15 is 0 Å². The minimum atomic E-state index is -5.44. The molecule has 32 heavy (non-hydrogen) atoms. The Hall–Kier alpha value is -3.15. The molecule has 0 radical (unpaired) electrons. The molecule has 1 atom stereocenters.